The summed E-state index contributed by atoms with van der Waals surface area (Å²) in [4.78, 5) is 12.5. The fourth-order valence-corrected chi connectivity index (χ4v) is 7.51. The van der Waals surface area contributed by atoms with E-state index in [4.69, 9.17) is 0 Å². The summed E-state index contributed by atoms with van der Waals surface area (Å²) in [7, 11) is 0. The fraction of sp³-hybridized carbons (Fsp3) is 0.827. The molecule has 0 aliphatic carbocycles. The van der Waals surface area contributed by atoms with Crippen LogP contribution in [0, 0.1) is 0 Å². The largest absolute Gasteiger partial charge is 0.394 e. The van der Waals surface area contributed by atoms with Crippen LogP contribution in [0.1, 0.15) is 245 Å². The SMILES string of the molecule is CCCCCCCCC/C=C/CC/C=C/CCCC(O)C(O)C(CO)NC(=O)C(O)CCCCCCCCCCCC/C=C\C/C=C\CCCCCCCCCCC. The third kappa shape index (κ3) is 39.7. The van der Waals surface area contributed by atoms with Crippen LogP contribution < -0.4 is 5.32 Å². The standard InChI is InChI=1S/C52H97NO5/c1-3-5-7-9-11-13-15-17-19-21-22-23-24-25-26-27-28-29-30-32-34-36-38-40-42-44-46-50(56)52(58)53-48(47-54)51(57)49(55)45-43-41-39-37-35-33-31-20-18-16-14-12-10-8-6-4-2/h20,22-23,25-26,31,37,39,48-51,54-57H,3-19,21,24,27-30,32-36,38,40-47H2,1-2H3,(H,53,58)/b23-22-,26-25-,31-20+,39-37+. The van der Waals surface area contributed by atoms with E-state index in [0.29, 0.717) is 19.3 Å². The number of hydrogen-bond donors (Lipinski definition) is 5. The molecule has 0 rings (SSSR count). The topological polar surface area (TPSA) is 110 Å². The summed E-state index contributed by atoms with van der Waals surface area (Å²) in [5.74, 6) is -0.600. The second-order valence-corrected chi connectivity index (χ2v) is 17.1. The molecule has 4 unspecified atom stereocenters. The predicted molar refractivity (Wildman–Crippen MR) is 251 cm³/mol. The molecule has 0 aromatic rings. The predicted octanol–water partition coefficient (Wildman–Crippen LogP) is 13.9. The van der Waals surface area contributed by atoms with Crippen LogP contribution in [0.2, 0.25) is 0 Å². The first-order valence-electron chi connectivity index (χ1n) is 25.0. The molecule has 0 radical (unpaired) electrons. The maximum atomic E-state index is 12.5. The number of nitrogens with one attached hydrogen (secondary N) is 1. The Hall–Kier alpha value is -1.73. The van der Waals surface area contributed by atoms with Gasteiger partial charge in [-0.25, -0.2) is 0 Å². The Morgan fingerprint density at radius 2 is 0.776 bits per heavy atom. The highest BCUT2D eigenvalue weighted by molar-refractivity contribution is 5.80. The van der Waals surface area contributed by atoms with E-state index in [0.717, 1.165) is 44.9 Å². The summed E-state index contributed by atoms with van der Waals surface area (Å²) in [5, 5.41) is 43.8. The minimum absolute atomic E-state index is 0.355. The van der Waals surface area contributed by atoms with Crippen molar-refractivity contribution in [2.24, 2.45) is 0 Å². The monoisotopic (exact) mass is 816 g/mol. The summed E-state index contributed by atoms with van der Waals surface area (Å²) >= 11 is 0. The first-order valence-corrected chi connectivity index (χ1v) is 25.0. The van der Waals surface area contributed by atoms with Crippen molar-refractivity contribution in [3.8, 4) is 0 Å². The zero-order valence-electron chi connectivity index (χ0n) is 38.3. The van der Waals surface area contributed by atoms with Crippen LogP contribution in [0.5, 0.6) is 0 Å². The highest BCUT2D eigenvalue weighted by Gasteiger charge is 2.28. The van der Waals surface area contributed by atoms with Gasteiger partial charge in [0.05, 0.1) is 18.8 Å². The van der Waals surface area contributed by atoms with Crippen LogP contribution in [0.3, 0.4) is 0 Å². The molecule has 0 aromatic carbocycles. The highest BCUT2D eigenvalue weighted by atomic mass is 16.3. The van der Waals surface area contributed by atoms with Gasteiger partial charge in [-0.2, -0.15) is 0 Å². The number of unbranched alkanes of at least 4 members (excludes halogenated alkanes) is 28. The molecule has 0 bridgehead atoms. The first-order chi connectivity index (χ1) is 28.5. The minimum Gasteiger partial charge on any atom is -0.394 e. The van der Waals surface area contributed by atoms with Crippen molar-refractivity contribution in [1.82, 2.24) is 5.32 Å². The van der Waals surface area contributed by atoms with Crippen molar-refractivity contribution in [3.63, 3.8) is 0 Å². The van der Waals surface area contributed by atoms with Crippen molar-refractivity contribution in [2.45, 2.75) is 269 Å². The van der Waals surface area contributed by atoms with Gasteiger partial charge in [0.15, 0.2) is 0 Å². The van der Waals surface area contributed by atoms with E-state index in [1.165, 1.54) is 167 Å². The Labute approximate surface area is 359 Å². The molecular formula is C52H97NO5. The quantitative estimate of drug-likeness (QED) is 0.0311. The van der Waals surface area contributed by atoms with Gasteiger partial charge in [-0.15, -0.1) is 0 Å². The number of allylic oxidation sites excluding steroid dienone is 8. The van der Waals surface area contributed by atoms with Crippen LogP contribution in [-0.2, 0) is 4.79 Å². The summed E-state index contributed by atoms with van der Waals surface area (Å²) in [5.41, 5.74) is 0. The van der Waals surface area contributed by atoms with Crippen molar-refractivity contribution in [1.29, 1.82) is 0 Å². The lowest BCUT2D eigenvalue weighted by Gasteiger charge is -2.27. The van der Waals surface area contributed by atoms with Gasteiger partial charge >= 0.3 is 0 Å². The van der Waals surface area contributed by atoms with Gasteiger partial charge in [0.1, 0.15) is 12.2 Å². The van der Waals surface area contributed by atoms with E-state index in [1.807, 2.05) is 0 Å². The van der Waals surface area contributed by atoms with Crippen LogP contribution in [-0.4, -0.2) is 57.3 Å². The second-order valence-electron chi connectivity index (χ2n) is 17.1. The Morgan fingerprint density at radius 1 is 0.431 bits per heavy atom. The first kappa shape index (κ1) is 56.3. The molecule has 0 saturated carbocycles. The van der Waals surface area contributed by atoms with E-state index in [1.54, 1.807) is 0 Å². The lowest BCUT2D eigenvalue weighted by molar-refractivity contribution is -0.132. The molecular weight excluding hydrogens is 719 g/mol. The average molecular weight is 816 g/mol. The molecule has 0 spiro atoms. The third-order valence-electron chi connectivity index (χ3n) is 11.5. The number of amides is 1. The lowest BCUT2D eigenvalue weighted by Crippen LogP contribution is -2.53. The molecule has 340 valence electrons. The Kier molecular flexibility index (Phi) is 45.0. The van der Waals surface area contributed by atoms with Gasteiger partial charge < -0.3 is 25.7 Å². The Bertz CT molecular complexity index is 961. The molecule has 4 atom stereocenters. The molecule has 0 aliphatic rings. The average Bonchev–Trinajstić information content (AvgIpc) is 3.23. The van der Waals surface area contributed by atoms with Crippen LogP contribution in [0.4, 0.5) is 0 Å². The Balaban J connectivity index is 3.73. The number of carbonyl (C=O) groups is 1. The van der Waals surface area contributed by atoms with Crippen molar-refractivity contribution >= 4 is 5.91 Å². The summed E-state index contributed by atoms with van der Waals surface area (Å²) in [6, 6.07) is -1.01. The normalized spacial score (nSPS) is 14.4. The highest BCUT2D eigenvalue weighted by Crippen LogP contribution is 2.15. The molecule has 0 fully saturated rings. The van der Waals surface area contributed by atoms with Crippen LogP contribution in [0.25, 0.3) is 0 Å². The smallest absolute Gasteiger partial charge is 0.249 e. The summed E-state index contributed by atoms with van der Waals surface area (Å²) < 4.78 is 0. The maximum Gasteiger partial charge on any atom is 0.249 e. The van der Waals surface area contributed by atoms with Gasteiger partial charge in [0.2, 0.25) is 5.91 Å². The summed E-state index contributed by atoms with van der Waals surface area (Å²) in [6.45, 7) is 4.03. The van der Waals surface area contributed by atoms with Gasteiger partial charge in [-0.1, -0.05) is 210 Å². The molecule has 0 heterocycles. The van der Waals surface area contributed by atoms with E-state index in [9.17, 15) is 25.2 Å². The van der Waals surface area contributed by atoms with Crippen LogP contribution in [0.15, 0.2) is 48.6 Å². The second kappa shape index (κ2) is 46.3. The van der Waals surface area contributed by atoms with Gasteiger partial charge in [0.25, 0.3) is 0 Å². The zero-order chi connectivity index (χ0) is 42.4. The summed E-state index contributed by atoms with van der Waals surface area (Å²) in [6.07, 6.45) is 57.3. The number of carbonyl (C=O) groups excluding carboxylic acids is 1. The fourth-order valence-electron chi connectivity index (χ4n) is 7.51. The third-order valence-corrected chi connectivity index (χ3v) is 11.5. The molecule has 0 aromatic heterocycles. The zero-order valence-corrected chi connectivity index (χ0v) is 38.3. The van der Waals surface area contributed by atoms with Gasteiger partial charge in [-0.05, 0) is 83.5 Å². The van der Waals surface area contributed by atoms with E-state index >= 15 is 0 Å². The molecule has 58 heavy (non-hydrogen) atoms. The molecule has 6 heteroatoms. The number of rotatable bonds is 45. The molecule has 5 N–H and O–H groups in total. The van der Waals surface area contributed by atoms with Gasteiger partial charge in [-0.3, -0.25) is 4.79 Å². The molecule has 1 amide bonds. The Morgan fingerprint density at radius 3 is 1.19 bits per heavy atom. The number of hydrogen-bond acceptors (Lipinski definition) is 5. The lowest BCUT2D eigenvalue weighted by atomic mass is 10.00. The number of aliphatic hydroxyl groups excluding tert-OH is 4. The molecule has 6 nitrogen and oxygen atoms in total. The van der Waals surface area contributed by atoms with Crippen LogP contribution >= 0.6 is 0 Å². The van der Waals surface area contributed by atoms with E-state index in [-0.39, 0.29) is 0 Å². The minimum atomic E-state index is -1.29. The van der Waals surface area contributed by atoms with Gasteiger partial charge in [0, 0.05) is 0 Å². The van der Waals surface area contributed by atoms with Crippen molar-refractivity contribution in [3.05, 3.63) is 48.6 Å². The number of aliphatic hydroxyl groups is 4. The van der Waals surface area contributed by atoms with Crippen molar-refractivity contribution < 1.29 is 25.2 Å². The van der Waals surface area contributed by atoms with Crippen molar-refractivity contribution in [2.75, 3.05) is 6.61 Å². The van der Waals surface area contributed by atoms with E-state index < -0.39 is 36.9 Å². The molecule has 0 aliphatic heterocycles. The maximum absolute atomic E-state index is 12.5. The van der Waals surface area contributed by atoms with E-state index in [2.05, 4.69) is 67.8 Å². The molecule has 0 saturated heterocycles.